The van der Waals surface area contributed by atoms with E-state index in [-0.39, 0.29) is 0 Å². The van der Waals surface area contributed by atoms with E-state index in [0.29, 0.717) is 12.1 Å². The molecule has 1 saturated heterocycles. The Morgan fingerprint density at radius 2 is 1.67 bits per heavy atom. The topological polar surface area (TPSA) is 32.5 Å². The van der Waals surface area contributed by atoms with Gasteiger partial charge < -0.3 is 10.6 Å². The number of hydrogen-bond acceptors (Lipinski definition) is 3. The van der Waals surface area contributed by atoms with E-state index < -0.39 is 0 Å². The van der Waals surface area contributed by atoms with E-state index in [9.17, 15) is 0 Å². The maximum absolute atomic E-state index is 6.33. The van der Waals surface area contributed by atoms with E-state index in [4.69, 9.17) is 5.73 Å². The van der Waals surface area contributed by atoms with Crippen LogP contribution in [-0.4, -0.2) is 54.6 Å². The van der Waals surface area contributed by atoms with Crippen LogP contribution in [0.4, 0.5) is 0 Å². The quantitative estimate of drug-likeness (QED) is 0.780. The van der Waals surface area contributed by atoms with E-state index in [1.165, 1.54) is 64.8 Å². The van der Waals surface area contributed by atoms with E-state index in [2.05, 4.69) is 23.6 Å². The Balaban J connectivity index is 1.76. The Hall–Kier alpha value is -0.120. The molecule has 1 heterocycles. The molecule has 1 saturated carbocycles. The zero-order valence-electron chi connectivity index (χ0n) is 12.3. The van der Waals surface area contributed by atoms with E-state index >= 15 is 0 Å². The van der Waals surface area contributed by atoms with Gasteiger partial charge in [0.25, 0.3) is 0 Å². The number of rotatable bonds is 3. The zero-order chi connectivity index (χ0) is 13.0. The molecular weight excluding hydrogens is 222 g/mol. The third kappa shape index (κ3) is 3.94. The smallest absolute Gasteiger partial charge is 0.0113 e. The van der Waals surface area contributed by atoms with Gasteiger partial charge in [0.15, 0.2) is 0 Å². The van der Waals surface area contributed by atoms with Gasteiger partial charge in [0.05, 0.1) is 0 Å². The molecule has 106 valence electrons. The second-order valence-corrected chi connectivity index (χ2v) is 6.49. The van der Waals surface area contributed by atoms with Crippen molar-refractivity contribution in [1.82, 2.24) is 9.80 Å². The Morgan fingerprint density at radius 1 is 1.00 bits per heavy atom. The van der Waals surface area contributed by atoms with Crippen molar-refractivity contribution in [3.63, 3.8) is 0 Å². The van der Waals surface area contributed by atoms with E-state index in [0.717, 1.165) is 5.92 Å². The lowest BCUT2D eigenvalue weighted by molar-refractivity contribution is 0.0918. The van der Waals surface area contributed by atoms with Crippen LogP contribution in [0.1, 0.15) is 46.0 Å². The van der Waals surface area contributed by atoms with E-state index in [1.54, 1.807) is 0 Å². The third-order valence-electron chi connectivity index (χ3n) is 4.85. The molecule has 1 aliphatic heterocycles. The van der Waals surface area contributed by atoms with Crippen LogP contribution >= 0.6 is 0 Å². The van der Waals surface area contributed by atoms with Crippen LogP contribution < -0.4 is 5.73 Å². The fraction of sp³-hybridized carbons (Fsp3) is 1.00. The SMILES string of the molecule is CC(C)N1CCN(CC2CCCCCC2N)CC1. The van der Waals surface area contributed by atoms with Gasteiger partial charge in [-0.1, -0.05) is 19.3 Å². The van der Waals surface area contributed by atoms with Crippen LogP contribution in [0, 0.1) is 5.92 Å². The number of piperazine rings is 1. The highest BCUT2D eigenvalue weighted by Crippen LogP contribution is 2.23. The molecule has 2 rings (SSSR count). The van der Waals surface area contributed by atoms with Gasteiger partial charge in [-0.15, -0.1) is 0 Å². The molecule has 2 atom stereocenters. The molecule has 3 nitrogen and oxygen atoms in total. The van der Waals surface area contributed by atoms with Gasteiger partial charge in [-0.25, -0.2) is 0 Å². The molecule has 18 heavy (non-hydrogen) atoms. The van der Waals surface area contributed by atoms with Crippen LogP contribution in [0.2, 0.25) is 0 Å². The summed E-state index contributed by atoms with van der Waals surface area (Å²) in [4.78, 5) is 5.23. The highest BCUT2D eigenvalue weighted by molar-refractivity contribution is 4.82. The van der Waals surface area contributed by atoms with Crippen LogP contribution in [0.3, 0.4) is 0 Å². The largest absolute Gasteiger partial charge is 0.327 e. The average molecular weight is 253 g/mol. The summed E-state index contributed by atoms with van der Waals surface area (Å²) in [6, 6.07) is 1.16. The number of nitrogens with two attached hydrogens (primary N) is 1. The molecular formula is C15H31N3. The molecule has 0 radical (unpaired) electrons. The normalized spacial score (nSPS) is 32.7. The summed E-state index contributed by atoms with van der Waals surface area (Å²) in [7, 11) is 0. The van der Waals surface area contributed by atoms with E-state index in [1.807, 2.05) is 0 Å². The van der Waals surface area contributed by atoms with Gasteiger partial charge in [-0.2, -0.15) is 0 Å². The predicted octanol–water partition coefficient (Wildman–Crippen LogP) is 1.92. The van der Waals surface area contributed by atoms with Crippen LogP contribution in [0.5, 0.6) is 0 Å². The van der Waals surface area contributed by atoms with Crippen molar-refractivity contribution >= 4 is 0 Å². The molecule has 0 aromatic rings. The maximum Gasteiger partial charge on any atom is 0.0113 e. The molecule has 2 unspecified atom stereocenters. The van der Waals surface area contributed by atoms with Gasteiger partial charge in [0.2, 0.25) is 0 Å². The number of hydrogen-bond donors (Lipinski definition) is 1. The fourth-order valence-corrected chi connectivity index (χ4v) is 3.43. The molecule has 0 aromatic carbocycles. The fourth-order valence-electron chi connectivity index (χ4n) is 3.43. The standard InChI is InChI=1S/C15H31N3/c1-13(2)18-10-8-17(9-11-18)12-14-6-4-3-5-7-15(14)16/h13-15H,3-12,16H2,1-2H3. The van der Waals surface area contributed by atoms with Crippen LogP contribution in [-0.2, 0) is 0 Å². The summed E-state index contributed by atoms with van der Waals surface area (Å²) in [6.45, 7) is 10.8. The van der Waals surface area contributed by atoms with Crippen molar-refractivity contribution in [2.24, 2.45) is 11.7 Å². The van der Waals surface area contributed by atoms with Gasteiger partial charge in [-0.05, 0) is 32.6 Å². The molecule has 0 spiro atoms. The summed E-state index contributed by atoms with van der Waals surface area (Å²) in [6.07, 6.45) is 6.73. The lowest BCUT2D eigenvalue weighted by Crippen LogP contribution is -2.51. The second-order valence-electron chi connectivity index (χ2n) is 6.49. The molecule has 0 aromatic heterocycles. The molecule has 2 aliphatic rings. The molecule has 0 bridgehead atoms. The van der Waals surface area contributed by atoms with Gasteiger partial charge in [0.1, 0.15) is 0 Å². The summed E-state index contributed by atoms with van der Waals surface area (Å²) in [5.74, 6) is 0.748. The molecule has 2 N–H and O–H groups in total. The first-order valence-corrected chi connectivity index (χ1v) is 7.89. The molecule has 3 heteroatoms. The Labute approximate surface area is 113 Å². The van der Waals surface area contributed by atoms with Crippen molar-refractivity contribution in [3.05, 3.63) is 0 Å². The van der Waals surface area contributed by atoms with Crippen LogP contribution in [0.15, 0.2) is 0 Å². The Bertz CT molecular complexity index is 234. The van der Waals surface area contributed by atoms with Gasteiger partial charge >= 0.3 is 0 Å². The second kappa shape index (κ2) is 6.88. The Kier molecular flexibility index (Phi) is 5.46. The predicted molar refractivity (Wildman–Crippen MR) is 77.7 cm³/mol. The lowest BCUT2D eigenvalue weighted by atomic mass is 9.94. The number of nitrogens with zero attached hydrogens (tertiary/aromatic N) is 2. The minimum absolute atomic E-state index is 0.454. The molecule has 0 amide bonds. The highest BCUT2D eigenvalue weighted by atomic mass is 15.3. The van der Waals surface area contributed by atoms with Crippen molar-refractivity contribution in [1.29, 1.82) is 0 Å². The van der Waals surface area contributed by atoms with Crippen molar-refractivity contribution in [3.8, 4) is 0 Å². The first-order valence-electron chi connectivity index (χ1n) is 7.89. The minimum atomic E-state index is 0.454. The minimum Gasteiger partial charge on any atom is -0.327 e. The van der Waals surface area contributed by atoms with Gasteiger partial charge in [-0.3, -0.25) is 4.90 Å². The summed E-state index contributed by atoms with van der Waals surface area (Å²) in [5.41, 5.74) is 6.33. The lowest BCUT2D eigenvalue weighted by Gasteiger charge is -2.39. The van der Waals surface area contributed by atoms with Crippen molar-refractivity contribution < 1.29 is 0 Å². The summed E-state index contributed by atoms with van der Waals surface area (Å²) in [5, 5.41) is 0. The zero-order valence-corrected chi connectivity index (χ0v) is 12.3. The van der Waals surface area contributed by atoms with Crippen molar-refractivity contribution in [2.45, 2.75) is 58.0 Å². The van der Waals surface area contributed by atoms with Crippen molar-refractivity contribution in [2.75, 3.05) is 32.7 Å². The first-order chi connectivity index (χ1) is 8.66. The highest BCUT2D eigenvalue weighted by Gasteiger charge is 2.25. The van der Waals surface area contributed by atoms with Gasteiger partial charge in [0, 0.05) is 44.8 Å². The average Bonchev–Trinajstić information content (AvgIpc) is 2.56. The third-order valence-corrected chi connectivity index (χ3v) is 4.85. The first kappa shape index (κ1) is 14.3. The Morgan fingerprint density at radius 3 is 2.33 bits per heavy atom. The molecule has 2 fully saturated rings. The summed E-state index contributed by atoms with van der Waals surface area (Å²) < 4.78 is 0. The molecule has 1 aliphatic carbocycles. The van der Waals surface area contributed by atoms with Crippen LogP contribution in [0.25, 0.3) is 0 Å². The maximum atomic E-state index is 6.33. The summed E-state index contributed by atoms with van der Waals surface area (Å²) >= 11 is 0. The monoisotopic (exact) mass is 253 g/mol.